The fourth-order valence-electron chi connectivity index (χ4n) is 3.57. The zero-order chi connectivity index (χ0) is 19.4. The van der Waals surface area contributed by atoms with Crippen molar-refractivity contribution in [1.82, 2.24) is 4.98 Å². The Balaban J connectivity index is 1.88. The molecule has 1 aliphatic carbocycles. The van der Waals surface area contributed by atoms with E-state index in [1.165, 1.54) is 17.2 Å². The van der Waals surface area contributed by atoms with Crippen molar-refractivity contribution in [3.63, 3.8) is 0 Å². The highest BCUT2D eigenvalue weighted by molar-refractivity contribution is 5.98. The van der Waals surface area contributed by atoms with Crippen LogP contribution in [0.2, 0.25) is 0 Å². The molecule has 1 amide bonds. The number of benzene rings is 1. The first kappa shape index (κ1) is 18.9. The van der Waals surface area contributed by atoms with E-state index < -0.39 is 12.1 Å². The maximum absolute atomic E-state index is 13.0. The van der Waals surface area contributed by atoms with Crippen molar-refractivity contribution in [2.45, 2.75) is 45.8 Å². The highest BCUT2D eigenvalue weighted by Gasteiger charge is 2.39. The predicted octanol–water partition coefficient (Wildman–Crippen LogP) is 4.50. The van der Waals surface area contributed by atoms with Gasteiger partial charge in [-0.1, -0.05) is 44.2 Å². The van der Waals surface area contributed by atoms with Crippen LogP contribution in [0.4, 0.5) is 10.6 Å². The Morgan fingerprint density at radius 3 is 2.59 bits per heavy atom. The summed E-state index contributed by atoms with van der Waals surface area (Å²) < 4.78 is 5.51. The summed E-state index contributed by atoms with van der Waals surface area (Å²) in [5, 5.41) is 9.53. The molecule has 1 aliphatic rings. The van der Waals surface area contributed by atoms with Crippen LogP contribution in [0, 0.1) is 5.41 Å². The fourth-order valence-corrected chi connectivity index (χ4v) is 3.57. The van der Waals surface area contributed by atoms with Crippen LogP contribution in [0.25, 0.3) is 0 Å². The fraction of sp³-hybridized carbons (Fsp3) is 0.381. The Morgan fingerprint density at radius 2 is 1.96 bits per heavy atom. The van der Waals surface area contributed by atoms with E-state index >= 15 is 0 Å². The largest absolute Gasteiger partial charge is 0.478 e. The van der Waals surface area contributed by atoms with Gasteiger partial charge in [-0.05, 0) is 42.4 Å². The predicted molar refractivity (Wildman–Crippen MR) is 102 cm³/mol. The number of ether oxygens (including phenoxy) is 1. The van der Waals surface area contributed by atoms with Gasteiger partial charge >= 0.3 is 12.1 Å². The minimum absolute atomic E-state index is 0.00105. The monoisotopic (exact) mass is 368 g/mol. The Kier molecular flexibility index (Phi) is 5.44. The summed E-state index contributed by atoms with van der Waals surface area (Å²) in [6.07, 6.45) is 3.43. The summed E-state index contributed by atoms with van der Waals surface area (Å²) in [5.74, 6) is -0.970. The van der Waals surface area contributed by atoms with Gasteiger partial charge < -0.3 is 9.84 Å². The quantitative estimate of drug-likeness (QED) is 0.840. The van der Waals surface area contributed by atoms with E-state index in [0.717, 1.165) is 24.8 Å². The number of carbonyl (C=O) groups excluding carboxylic acids is 1. The zero-order valence-corrected chi connectivity index (χ0v) is 15.6. The minimum Gasteiger partial charge on any atom is -0.478 e. The Morgan fingerprint density at radius 1 is 1.22 bits per heavy atom. The van der Waals surface area contributed by atoms with Gasteiger partial charge in [-0.25, -0.2) is 14.6 Å². The number of carboxylic acids is 1. The van der Waals surface area contributed by atoms with E-state index in [9.17, 15) is 14.7 Å². The molecule has 1 atom stereocenters. The van der Waals surface area contributed by atoms with E-state index in [0.29, 0.717) is 0 Å². The smallest absolute Gasteiger partial charge is 0.416 e. The van der Waals surface area contributed by atoms with Crippen LogP contribution >= 0.6 is 0 Å². The second-order valence-electron chi connectivity index (χ2n) is 7.65. The number of carbonyl (C=O) groups is 2. The van der Waals surface area contributed by atoms with Gasteiger partial charge in [-0.3, -0.25) is 4.90 Å². The molecule has 6 nitrogen and oxygen atoms in total. The van der Waals surface area contributed by atoms with Crippen LogP contribution in [0.1, 0.15) is 49.0 Å². The second-order valence-corrected chi connectivity index (χ2v) is 7.65. The number of anilines is 1. The number of hydrogen-bond acceptors (Lipinski definition) is 4. The molecule has 1 heterocycles. The van der Waals surface area contributed by atoms with Crippen LogP contribution < -0.4 is 4.90 Å². The number of carboxylic acid groups (broad SMARTS) is 1. The Labute approximate surface area is 158 Å². The lowest BCUT2D eigenvalue weighted by atomic mass is 9.91. The molecule has 1 unspecified atom stereocenters. The van der Waals surface area contributed by atoms with E-state index in [2.05, 4.69) is 18.8 Å². The van der Waals surface area contributed by atoms with Gasteiger partial charge in [-0.15, -0.1) is 0 Å². The second kappa shape index (κ2) is 7.78. The number of pyridine rings is 1. The van der Waals surface area contributed by atoms with E-state index in [1.54, 1.807) is 6.07 Å². The van der Waals surface area contributed by atoms with Crippen molar-refractivity contribution >= 4 is 17.9 Å². The number of aromatic nitrogens is 1. The molecule has 0 radical (unpaired) electrons. The molecule has 1 saturated carbocycles. The molecule has 142 valence electrons. The average Bonchev–Trinajstić information content (AvgIpc) is 3.00. The SMILES string of the molecule is CC1(C)CCC(N(C(=O)OCc2ccccc2)c2ncccc2C(=O)O)C1. The average molecular weight is 368 g/mol. The molecule has 0 spiro atoms. The maximum Gasteiger partial charge on any atom is 0.416 e. The first-order valence-corrected chi connectivity index (χ1v) is 9.06. The lowest BCUT2D eigenvalue weighted by molar-refractivity contribution is 0.0697. The van der Waals surface area contributed by atoms with Gasteiger partial charge in [0.25, 0.3) is 0 Å². The van der Waals surface area contributed by atoms with E-state index in [1.807, 2.05) is 30.3 Å². The molecule has 1 aromatic carbocycles. The zero-order valence-electron chi connectivity index (χ0n) is 15.6. The molecule has 27 heavy (non-hydrogen) atoms. The molecule has 0 aliphatic heterocycles. The van der Waals surface area contributed by atoms with Crippen molar-refractivity contribution in [3.8, 4) is 0 Å². The number of aromatic carboxylic acids is 1. The number of hydrogen-bond donors (Lipinski definition) is 1. The molecule has 3 rings (SSSR count). The third kappa shape index (κ3) is 4.45. The van der Waals surface area contributed by atoms with E-state index in [-0.39, 0.29) is 29.4 Å². The van der Waals surface area contributed by atoms with E-state index in [4.69, 9.17) is 4.74 Å². The number of amides is 1. The number of nitrogens with zero attached hydrogens (tertiary/aromatic N) is 2. The summed E-state index contributed by atoms with van der Waals surface area (Å²) in [6, 6.07) is 12.3. The third-order valence-corrected chi connectivity index (χ3v) is 4.95. The molecular formula is C21H24N2O4. The van der Waals surface area contributed by atoms with Gasteiger partial charge in [0.05, 0.1) is 0 Å². The highest BCUT2D eigenvalue weighted by Crippen LogP contribution is 2.41. The van der Waals surface area contributed by atoms with Gasteiger partial charge in [0.15, 0.2) is 5.82 Å². The molecule has 0 saturated heterocycles. The van der Waals surface area contributed by atoms with Gasteiger partial charge in [0.2, 0.25) is 0 Å². The molecule has 1 N–H and O–H groups in total. The topological polar surface area (TPSA) is 79.7 Å². The summed E-state index contributed by atoms with van der Waals surface area (Å²) in [4.78, 5) is 30.3. The lowest BCUT2D eigenvalue weighted by Gasteiger charge is -2.29. The van der Waals surface area contributed by atoms with Crippen LogP contribution in [0.5, 0.6) is 0 Å². The molecule has 1 aromatic heterocycles. The first-order valence-electron chi connectivity index (χ1n) is 9.06. The van der Waals surface area contributed by atoms with Gasteiger partial charge in [-0.2, -0.15) is 0 Å². The summed E-state index contributed by atoms with van der Waals surface area (Å²) in [7, 11) is 0. The summed E-state index contributed by atoms with van der Waals surface area (Å²) in [6.45, 7) is 4.43. The standard InChI is InChI=1S/C21H24N2O4/c1-21(2)11-10-16(13-21)23(18-17(19(24)25)9-6-12-22-18)20(26)27-14-15-7-4-3-5-8-15/h3-9,12,16H,10-11,13-14H2,1-2H3,(H,24,25). The molecule has 1 fully saturated rings. The van der Waals surface area contributed by atoms with Crippen molar-refractivity contribution in [3.05, 3.63) is 59.8 Å². The van der Waals surface area contributed by atoms with Crippen LogP contribution in [0.3, 0.4) is 0 Å². The molecule has 0 bridgehead atoms. The van der Waals surface area contributed by atoms with Crippen molar-refractivity contribution in [2.24, 2.45) is 5.41 Å². The summed E-state index contributed by atoms with van der Waals surface area (Å²) >= 11 is 0. The van der Waals surface area contributed by atoms with Crippen molar-refractivity contribution in [2.75, 3.05) is 4.90 Å². The van der Waals surface area contributed by atoms with Crippen molar-refractivity contribution in [1.29, 1.82) is 0 Å². The highest BCUT2D eigenvalue weighted by atomic mass is 16.6. The Hall–Kier alpha value is -2.89. The number of rotatable bonds is 5. The summed E-state index contributed by atoms with van der Waals surface area (Å²) in [5.41, 5.74) is 0.955. The van der Waals surface area contributed by atoms with Crippen molar-refractivity contribution < 1.29 is 19.4 Å². The molecule has 6 heteroatoms. The van der Waals surface area contributed by atoms with Crippen LogP contribution in [-0.2, 0) is 11.3 Å². The molecular weight excluding hydrogens is 344 g/mol. The third-order valence-electron chi connectivity index (χ3n) is 4.95. The van der Waals surface area contributed by atoms with Gasteiger partial charge in [0.1, 0.15) is 12.2 Å². The maximum atomic E-state index is 13.0. The lowest BCUT2D eigenvalue weighted by Crippen LogP contribution is -2.41. The first-order chi connectivity index (χ1) is 12.9. The molecule has 2 aromatic rings. The minimum atomic E-state index is -1.11. The van der Waals surface area contributed by atoms with Gasteiger partial charge in [0, 0.05) is 12.2 Å². The van der Waals surface area contributed by atoms with Crippen LogP contribution in [-0.4, -0.2) is 28.2 Å². The normalized spacial score (nSPS) is 18.1. The Bertz CT molecular complexity index is 820. The van der Waals surface area contributed by atoms with Crippen LogP contribution in [0.15, 0.2) is 48.7 Å².